The third-order valence-corrected chi connectivity index (χ3v) is 4.59. The molecule has 1 amide bonds. The highest BCUT2D eigenvalue weighted by Crippen LogP contribution is 2.32. The van der Waals surface area contributed by atoms with Gasteiger partial charge in [-0.2, -0.15) is 0 Å². The fourth-order valence-electron chi connectivity index (χ4n) is 3.47. The van der Waals surface area contributed by atoms with Gasteiger partial charge in [-0.3, -0.25) is 4.79 Å². The standard InChI is InChI=1S/C17H22N2O2/c1-12-5-4-8-17(9-12,11-18)19-16(20)14-10-21-15-7-3-2-6-13(14)15/h2-3,6-7,10,12H,4-5,8-9,11,18H2,1H3,(H,19,20). The van der Waals surface area contributed by atoms with Crippen LogP contribution in [0.5, 0.6) is 0 Å². The minimum atomic E-state index is -0.271. The summed E-state index contributed by atoms with van der Waals surface area (Å²) in [6.07, 6.45) is 5.77. The summed E-state index contributed by atoms with van der Waals surface area (Å²) in [6, 6.07) is 7.59. The van der Waals surface area contributed by atoms with E-state index in [0.29, 0.717) is 18.0 Å². The predicted molar refractivity (Wildman–Crippen MR) is 83.1 cm³/mol. The number of nitrogens with one attached hydrogen (secondary N) is 1. The van der Waals surface area contributed by atoms with Crippen LogP contribution in [0.15, 0.2) is 34.9 Å². The SMILES string of the molecule is CC1CCCC(CN)(NC(=O)c2coc3ccccc23)C1. The average molecular weight is 286 g/mol. The maximum atomic E-state index is 12.6. The van der Waals surface area contributed by atoms with Gasteiger partial charge in [-0.25, -0.2) is 0 Å². The molecule has 1 heterocycles. The van der Waals surface area contributed by atoms with E-state index in [-0.39, 0.29) is 11.4 Å². The summed E-state index contributed by atoms with van der Waals surface area (Å²) in [6.45, 7) is 2.71. The molecule has 1 aromatic heterocycles. The number of benzene rings is 1. The molecule has 2 atom stereocenters. The van der Waals surface area contributed by atoms with Gasteiger partial charge in [0.15, 0.2) is 0 Å². The Labute approximate surface area is 124 Å². The van der Waals surface area contributed by atoms with Crippen molar-refractivity contribution in [3.05, 3.63) is 36.1 Å². The Balaban J connectivity index is 1.85. The third-order valence-electron chi connectivity index (χ3n) is 4.59. The Morgan fingerprint density at radius 1 is 1.48 bits per heavy atom. The van der Waals surface area contributed by atoms with Gasteiger partial charge in [0, 0.05) is 11.9 Å². The third kappa shape index (κ3) is 2.68. The lowest BCUT2D eigenvalue weighted by molar-refractivity contribution is 0.0854. The van der Waals surface area contributed by atoms with Crippen molar-refractivity contribution in [2.75, 3.05) is 6.54 Å². The number of carbonyl (C=O) groups is 1. The summed E-state index contributed by atoms with van der Waals surface area (Å²) in [7, 11) is 0. The summed E-state index contributed by atoms with van der Waals surface area (Å²) in [5.74, 6) is 0.517. The highest BCUT2D eigenvalue weighted by Gasteiger charge is 2.35. The van der Waals surface area contributed by atoms with Gasteiger partial charge in [0.2, 0.25) is 0 Å². The summed E-state index contributed by atoms with van der Waals surface area (Å²) < 4.78 is 5.45. The highest BCUT2D eigenvalue weighted by atomic mass is 16.3. The van der Waals surface area contributed by atoms with Crippen LogP contribution in [-0.4, -0.2) is 18.0 Å². The molecule has 0 aliphatic heterocycles. The van der Waals surface area contributed by atoms with E-state index in [9.17, 15) is 4.79 Å². The normalized spacial score (nSPS) is 25.9. The van der Waals surface area contributed by atoms with E-state index < -0.39 is 0 Å². The first kappa shape index (κ1) is 14.1. The lowest BCUT2D eigenvalue weighted by Gasteiger charge is -2.39. The molecular weight excluding hydrogens is 264 g/mol. The largest absolute Gasteiger partial charge is 0.463 e. The number of fused-ring (bicyclic) bond motifs is 1. The maximum absolute atomic E-state index is 12.6. The zero-order valence-electron chi connectivity index (χ0n) is 12.4. The van der Waals surface area contributed by atoms with E-state index in [1.54, 1.807) is 0 Å². The van der Waals surface area contributed by atoms with Gasteiger partial charge < -0.3 is 15.5 Å². The van der Waals surface area contributed by atoms with E-state index in [2.05, 4.69) is 12.2 Å². The van der Waals surface area contributed by atoms with Gasteiger partial charge in [0.25, 0.3) is 5.91 Å². The van der Waals surface area contributed by atoms with Crippen LogP contribution < -0.4 is 11.1 Å². The molecule has 0 spiro atoms. The number of para-hydroxylation sites is 1. The molecule has 4 heteroatoms. The first-order chi connectivity index (χ1) is 10.1. The van der Waals surface area contributed by atoms with Gasteiger partial charge in [0.05, 0.1) is 11.1 Å². The van der Waals surface area contributed by atoms with Gasteiger partial charge >= 0.3 is 0 Å². The lowest BCUT2D eigenvalue weighted by Crippen LogP contribution is -2.55. The van der Waals surface area contributed by atoms with Crippen molar-refractivity contribution in [1.29, 1.82) is 0 Å². The van der Waals surface area contributed by atoms with Crippen molar-refractivity contribution in [3.63, 3.8) is 0 Å². The second-order valence-corrected chi connectivity index (χ2v) is 6.29. The van der Waals surface area contributed by atoms with Crippen LogP contribution in [0.4, 0.5) is 0 Å². The molecular formula is C17H22N2O2. The number of hydrogen-bond donors (Lipinski definition) is 2. The minimum absolute atomic E-state index is 0.0838. The molecule has 0 radical (unpaired) electrons. The van der Waals surface area contributed by atoms with Crippen LogP contribution in [-0.2, 0) is 0 Å². The van der Waals surface area contributed by atoms with Gasteiger partial charge in [-0.15, -0.1) is 0 Å². The fraction of sp³-hybridized carbons (Fsp3) is 0.471. The Morgan fingerprint density at radius 2 is 2.29 bits per heavy atom. The molecule has 1 aliphatic rings. The summed E-state index contributed by atoms with van der Waals surface area (Å²) in [5.41, 5.74) is 7.04. The first-order valence-electron chi connectivity index (χ1n) is 7.62. The van der Waals surface area contributed by atoms with E-state index in [0.717, 1.165) is 30.2 Å². The monoisotopic (exact) mass is 286 g/mol. The number of carbonyl (C=O) groups excluding carboxylic acids is 1. The molecule has 3 N–H and O–H groups in total. The summed E-state index contributed by atoms with van der Waals surface area (Å²) >= 11 is 0. The molecule has 112 valence electrons. The maximum Gasteiger partial charge on any atom is 0.255 e. The van der Waals surface area contributed by atoms with Crippen molar-refractivity contribution in [1.82, 2.24) is 5.32 Å². The molecule has 21 heavy (non-hydrogen) atoms. The first-order valence-corrected chi connectivity index (χ1v) is 7.62. The Bertz CT molecular complexity index is 649. The molecule has 1 aromatic carbocycles. The van der Waals surface area contributed by atoms with Gasteiger partial charge in [-0.1, -0.05) is 38.0 Å². The Kier molecular flexibility index (Phi) is 3.72. The summed E-state index contributed by atoms with van der Waals surface area (Å²) in [5, 5.41) is 4.04. The van der Waals surface area contributed by atoms with Crippen LogP contribution in [0.25, 0.3) is 11.0 Å². The van der Waals surface area contributed by atoms with Crippen LogP contribution in [0.3, 0.4) is 0 Å². The van der Waals surface area contributed by atoms with Crippen molar-refractivity contribution < 1.29 is 9.21 Å². The molecule has 3 rings (SSSR count). The number of rotatable bonds is 3. The molecule has 2 unspecified atom stereocenters. The van der Waals surface area contributed by atoms with E-state index in [4.69, 9.17) is 10.2 Å². The van der Waals surface area contributed by atoms with E-state index in [1.807, 2.05) is 24.3 Å². The van der Waals surface area contributed by atoms with Crippen molar-refractivity contribution in [3.8, 4) is 0 Å². The van der Waals surface area contributed by atoms with Crippen molar-refractivity contribution in [2.24, 2.45) is 11.7 Å². The molecule has 1 fully saturated rings. The number of hydrogen-bond acceptors (Lipinski definition) is 3. The Hall–Kier alpha value is -1.81. The molecule has 1 saturated carbocycles. The average Bonchev–Trinajstić information content (AvgIpc) is 2.91. The summed E-state index contributed by atoms with van der Waals surface area (Å²) in [4.78, 5) is 12.6. The van der Waals surface area contributed by atoms with Crippen LogP contribution in [0, 0.1) is 5.92 Å². The lowest BCUT2D eigenvalue weighted by atomic mass is 9.76. The Morgan fingerprint density at radius 3 is 3.05 bits per heavy atom. The molecule has 0 saturated heterocycles. The van der Waals surface area contributed by atoms with Crippen LogP contribution in [0.2, 0.25) is 0 Å². The quantitative estimate of drug-likeness (QED) is 0.911. The van der Waals surface area contributed by atoms with Crippen LogP contribution >= 0.6 is 0 Å². The predicted octanol–water partition coefficient (Wildman–Crippen LogP) is 3.07. The van der Waals surface area contributed by atoms with Gasteiger partial charge in [-0.05, 0) is 24.8 Å². The second kappa shape index (κ2) is 5.53. The molecule has 2 aromatic rings. The smallest absolute Gasteiger partial charge is 0.255 e. The van der Waals surface area contributed by atoms with Crippen molar-refractivity contribution in [2.45, 2.75) is 38.1 Å². The van der Waals surface area contributed by atoms with Crippen LogP contribution in [0.1, 0.15) is 43.0 Å². The zero-order valence-corrected chi connectivity index (χ0v) is 12.4. The number of furan rings is 1. The fourth-order valence-corrected chi connectivity index (χ4v) is 3.47. The zero-order chi connectivity index (χ0) is 14.9. The second-order valence-electron chi connectivity index (χ2n) is 6.29. The topological polar surface area (TPSA) is 68.3 Å². The molecule has 0 bridgehead atoms. The highest BCUT2D eigenvalue weighted by molar-refractivity contribution is 6.06. The van der Waals surface area contributed by atoms with E-state index >= 15 is 0 Å². The van der Waals surface area contributed by atoms with Gasteiger partial charge in [0.1, 0.15) is 11.8 Å². The number of nitrogens with two attached hydrogens (primary N) is 1. The minimum Gasteiger partial charge on any atom is -0.463 e. The van der Waals surface area contributed by atoms with Crippen molar-refractivity contribution >= 4 is 16.9 Å². The number of amides is 1. The molecule has 4 nitrogen and oxygen atoms in total. The molecule has 1 aliphatic carbocycles. The van der Waals surface area contributed by atoms with E-state index in [1.165, 1.54) is 12.7 Å².